The summed E-state index contributed by atoms with van der Waals surface area (Å²) in [6.45, 7) is 4.04. The van der Waals surface area contributed by atoms with Gasteiger partial charge in [0.1, 0.15) is 12.4 Å². The molecule has 0 radical (unpaired) electrons. The first-order valence-electron chi connectivity index (χ1n) is 9.12. The number of alkyl halides is 3. The summed E-state index contributed by atoms with van der Waals surface area (Å²) in [6.07, 6.45) is -4.49. The molecule has 30 heavy (non-hydrogen) atoms. The van der Waals surface area contributed by atoms with Crippen LogP contribution in [0.5, 0.6) is 5.75 Å². The number of hydrogen-bond donors (Lipinski definition) is 1. The van der Waals surface area contributed by atoms with E-state index < -0.39 is 17.7 Å². The molecule has 0 aromatic heterocycles. The van der Waals surface area contributed by atoms with Gasteiger partial charge in [0.2, 0.25) is 0 Å². The molecule has 0 saturated carbocycles. The van der Waals surface area contributed by atoms with Crippen molar-refractivity contribution >= 4 is 11.5 Å². The van der Waals surface area contributed by atoms with Crippen LogP contribution >= 0.6 is 0 Å². The Hall–Kier alpha value is -3.54. The highest BCUT2D eigenvalue weighted by atomic mass is 19.4. The molecule has 0 aliphatic heterocycles. The summed E-state index contributed by atoms with van der Waals surface area (Å²) in [6, 6.07) is 19.4. The maximum Gasteiger partial charge on any atom is 0.416 e. The van der Waals surface area contributed by atoms with E-state index in [9.17, 15) is 18.0 Å². The van der Waals surface area contributed by atoms with Gasteiger partial charge in [-0.1, -0.05) is 49.0 Å². The molecular formula is C24H19F3O3. The number of halogens is 3. The van der Waals surface area contributed by atoms with Gasteiger partial charge in [-0.15, -0.1) is 0 Å². The first-order chi connectivity index (χ1) is 14.2. The molecular weight excluding hydrogens is 393 g/mol. The van der Waals surface area contributed by atoms with Crippen molar-refractivity contribution in [2.24, 2.45) is 0 Å². The lowest BCUT2D eigenvalue weighted by atomic mass is 10.0. The fourth-order valence-electron chi connectivity index (χ4n) is 2.93. The highest BCUT2D eigenvalue weighted by Gasteiger charge is 2.29. The lowest BCUT2D eigenvalue weighted by Crippen LogP contribution is -2.04. The van der Waals surface area contributed by atoms with E-state index in [0.717, 1.165) is 28.8 Å². The largest absolute Gasteiger partial charge is 0.489 e. The number of hydrogen-bond acceptors (Lipinski definition) is 2. The van der Waals surface area contributed by atoms with Crippen molar-refractivity contribution in [3.63, 3.8) is 0 Å². The molecule has 0 aliphatic rings. The summed E-state index contributed by atoms with van der Waals surface area (Å²) in [5.41, 5.74) is 2.91. The highest BCUT2D eigenvalue weighted by molar-refractivity contribution is 5.83. The molecule has 3 nitrogen and oxygen atoms in total. The van der Waals surface area contributed by atoms with Crippen LogP contribution in [0.15, 0.2) is 79.4 Å². The van der Waals surface area contributed by atoms with Gasteiger partial charge in [0.25, 0.3) is 0 Å². The van der Waals surface area contributed by atoms with Gasteiger partial charge in [0, 0.05) is 0 Å². The number of carbonyl (C=O) groups is 1. The van der Waals surface area contributed by atoms with Crippen LogP contribution in [0.3, 0.4) is 0 Å². The second-order valence-electron chi connectivity index (χ2n) is 6.76. The van der Waals surface area contributed by atoms with E-state index in [0.29, 0.717) is 16.9 Å². The van der Waals surface area contributed by atoms with Crippen molar-refractivity contribution in [3.8, 4) is 16.9 Å². The Balaban J connectivity index is 1.66. The quantitative estimate of drug-likeness (QED) is 0.486. The molecule has 3 aromatic carbocycles. The van der Waals surface area contributed by atoms with E-state index in [-0.39, 0.29) is 13.0 Å². The molecule has 0 amide bonds. The predicted octanol–water partition coefficient (Wildman–Crippen LogP) is 6.44. The van der Waals surface area contributed by atoms with Crippen molar-refractivity contribution in [2.75, 3.05) is 0 Å². The van der Waals surface area contributed by atoms with E-state index in [1.807, 2.05) is 24.3 Å². The van der Waals surface area contributed by atoms with Gasteiger partial charge in [-0.25, -0.2) is 0 Å². The van der Waals surface area contributed by atoms with E-state index in [4.69, 9.17) is 9.84 Å². The maximum atomic E-state index is 12.7. The zero-order valence-electron chi connectivity index (χ0n) is 15.9. The molecule has 0 saturated heterocycles. The fraction of sp³-hybridized carbons (Fsp3) is 0.125. The van der Waals surface area contributed by atoms with Crippen LogP contribution in [-0.4, -0.2) is 11.1 Å². The molecule has 3 aromatic rings. The smallest absolute Gasteiger partial charge is 0.416 e. The predicted molar refractivity (Wildman–Crippen MR) is 109 cm³/mol. The summed E-state index contributed by atoms with van der Waals surface area (Å²) in [5, 5.41) is 8.83. The number of carboxylic acid groups (broad SMARTS) is 1. The molecule has 0 fully saturated rings. The SMILES string of the molecule is C=C(CC(=O)O)c1ccc(OCc2cccc(-c3ccc(C(F)(F)F)cc3)c2)cc1. The van der Waals surface area contributed by atoms with Crippen molar-refractivity contribution in [3.05, 3.63) is 96.1 Å². The standard InChI is InChI=1S/C24H19F3O3/c1-16(13-23(28)29)18-7-11-22(12-8-18)30-15-17-3-2-4-20(14-17)19-5-9-21(10-6-19)24(25,26)27/h2-12,14H,1,13,15H2,(H,28,29). The summed E-state index contributed by atoms with van der Waals surface area (Å²) >= 11 is 0. The second kappa shape index (κ2) is 8.86. The average Bonchev–Trinajstić information content (AvgIpc) is 2.72. The van der Waals surface area contributed by atoms with Crippen molar-refractivity contribution in [2.45, 2.75) is 19.2 Å². The monoisotopic (exact) mass is 412 g/mol. The van der Waals surface area contributed by atoms with E-state index in [2.05, 4.69) is 6.58 Å². The minimum absolute atomic E-state index is 0.128. The Kier molecular flexibility index (Phi) is 6.26. The van der Waals surface area contributed by atoms with Gasteiger partial charge < -0.3 is 9.84 Å². The van der Waals surface area contributed by atoms with Gasteiger partial charge in [-0.05, 0) is 58.2 Å². The summed E-state index contributed by atoms with van der Waals surface area (Å²) in [4.78, 5) is 10.8. The van der Waals surface area contributed by atoms with Crippen molar-refractivity contribution in [1.82, 2.24) is 0 Å². The highest BCUT2D eigenvalue weighted by Crippen LogP contribution is 2.31. The molecule has 0 unspecified atom stereocenters. The Morgan fingerprint density at radius 1 is 0.933 bits per heavy atom. The second-order valence-corrected chi connectivity index (χ2v) is 6.76. The minimum atomic E-state index is -4.36. The first kappa shape index (κ1) is 21.2. The summed E-state index contributed by atoms with van der Waals surface area (Å²) in [7, 11) is 0. The van der Waals surface area contributed by atoms with E-state index in [1.165, 1.54) is 12.1 Å². The Morgan fingerprint density at radius 3 is 2.20 bits per heavy atom. The fourth-order valence-corrected chi connectivity index (χ4v) is 2.93. The lowest BCUT2D eigenvalue weighted by Gasteiger charge is -2.10. The molecule has 154 valence electrons. The van der Waals surface area contributed by atoms with Crippen molar-refractivity contribution < 1.29 is 27.8 Å². The van der Waals surface area contributed by atoms with Crippen LogP contribution in [0, 0.1) is 0 Å². The van der Waals surface area contributed by atoms with Gasteiger partial charge >= 0.3 is 12.1 Å². The third-order valence-corrected chi connectivity index (χ3v) is 4.51. The maximum absolute atomic E-state index is 12.7. The topological polar surface area (TPSA) is 46.5 Å². The van der Waals surface area contributed by atoms with Crippen LogP contribution in [0.25, 0.3) is 16.7 Å². The number of aliphatic carboxylic acids is 1. The minimum Gasteiger partial charge on any atom is -0.489 e. The van der Waals surface area contributed by atoms with Gasteiger partial charge in [0.15, 0.2) is 0 Å². The first-order valence-corrected chi connectivity index (χ1v) is 9.12. The summed E-state index contributed by atoms with van der Waals surface area (Å²) in [5.74, 6) is -0.324. The van der Waals surface area contributed by atoms with Crippen LogP contribution in [0.4, 0.5) is 13.2 Å². The van der Waals surface area contributed by atoms with Crippen LogP contribution < -0.4 is 4.74 Å². The molecule has 0 bridgehead atoms. The molecule has 0 heterocycles. The van der Waals surface area contributed by atoms with Crippen LogP contribution in [0.1, 0.15) is 23.1 Å². The van der Waals surface area contributed by atoms with E-state index in [1.54, 1.807) is 24.3 Å². The number of benzene rings is 3. The van der Waals surface area contributed by atoms with Crippen LogP contribution in [-0.2, 0) is 17.6 Å². The number of ether oxygens (including phenoxy) is 1. The van der Waals surface area contributed by atoms with Crippen molar-refractivity contribution in [1.29, 1.82) is 0 Å². The van der Waals surface area contributed by atoms with Gasteiger partial charge in [-0.3, -0.25) is 4.79 Å². The Bertz CT molecular complexity index is 1040. The van der Waals surface area contributed by atoms with Crippen LogP contribution in [0.2, 0.25) is 0 Å². The third-order valence-electron chi connectivity index (χ3n) is 4.51. The molecule has 6 heteroatoms. The van der Waals surface area contributed by atoms with Gasteiger partial charge in [-0.2, -0.15) is 13.2 Å². The normalized spacial score (nSPS) is 11.2. The van der Waals surface area contributed by atoms with E-state index >= 15 is 0 Å². The zero-order valence-corrected chi connectivity index (χ0v) is 15.9. The Morgan fingerprint density at radius 2 is 1.60 bits per heavy atom. The summed E-state index contributed by atoms with van der Waals surface area (Å²) < 4.78 is 43.9. The van der Waals surface area contributed by atoms with Gasteiger partial charge in [0.05, 0.1) is 12.0 Å². The molecule has 0 aliphatic carbocycles. The molecule has 1 N–H and O–H groups in total. The zero-order chi connectivity index (χ0) is 21.7. The molecule has 3 rings (SSSR count). The lowest BCUT2D eigenvalue weighted by molar-refractivity contribution is -0.138. The molecule has 0 atom stereocenters. The average molecular weight is 412 g/mol. The third kappa shape index (κ3) is 5.50. The molecule has 0 spiro atoms. The Labute approximate surface area is 172 Å². The number of rotatable bonds is 7. The number of carboxylic acids is 1.